The maximum absolute atomic E-state index is 12.2. The Labute approximate surface area is 161 Å². The molecule has 2 N–H and O–H groups in total. The summed E-state index contributed by atoms with van der Waals surface area (Å²) in [5.41, 5.74) is 2.38. The predicted molar refractivity (Wildman–Crippen MR) is 106 cm³/mol. The fourth-order valence-electron chi connectivity index (χ4n) is 3.84. The van der Waals surface area contributed by atoms with Crippen molar-refractivity contribution in [3.8, 4) is 0 Å². The molecule has 1 aromatic carbocycles. The standard InChI is InChI=1S/C22H29N3O2/c26-22(24-20-12-5-2-6-13-20)25(27)16-8-14-21(18-9-3-1-4-10-18)19-11-7-15-23-17-19/h1,3-4,7,9-11,15,17,20-21,27H,2,5-6,8,12-14,16H2,(H,24,26). The van der Waals surface area contributed by atoms with Gasteiger partial charge in [0.2, 0.25) is 0 Å². The van der Waals surface area contributed by atoms with E-state index in [0.29, 0.717) is 13.0 Å². The first kappa shape index (κ1) is 19.4. The minimum absolute atomic E-state index is 0.202. The fraction of sp³-hybridized carbons (Fsp3) is 0.455. The number of hydroxylamine groups is 2. The number of benzene rings is 1. The van der Waals surface area contributed by atoms with Gasteiger partial charge in [0.15, 0.2) is 0 Å². The highest BCUT2D eigenvalue weighted by atomic mass is 16.5. The van der Waals surface area contributed by atoms with Crippen molar-refractivity contribution in [1.29, 1.82) is 0 Å². The molecule has 0 saturated heterocycles. The van der Waals surface area contributed by atoms with Crippen molar-refractivity contribution in [3.63, 3.8) is 0 Å². The third kappa shape index (κ3) is 5.79. The molecule has 1 unspecified atom stereocenters. The number of nitrogens with one attached hydrogen (secondary N) is 1. The van der Waals surface area contributed by atoms with Gasteiger partial charge in [-0.25, -0.2) is 9.86 Å². The number of hydrogen-bond donors (Lipinski definition) is 2. The molecule has 3 rings (SSSR count). The van der Waals surface area contributed by atoms with E-state index in [1.807, 2.05) is 30.5 Å². The molecule has 0 aliphatic heterocycles. The second-order valence-corrected chi connectivity index (χ2v) is 7.30. The van der Waals surface area contributed by atoms with Crippen LogP contribution in [0.2, 0.25) is 0 Å². The first-order valence-corrected chi connectivity index (χ1v) is 9.96. The maximum Gasteiger partial charge on any atom is 0.341 e. The molecule has 1 aliphatic rings. The molecule has 1 atom stereocenters. The van der Waals surface area contributed by atoms with E-state index in [9.17, 15) is 10.0 Å². The number of pyridine rings is 1. The molecule has 1 aliphatic carbocycles. The average molecular weight is 367 g/mol. The van der Waals surface area contributed by atoms with Crippen molar-refractivity contribution in [2.75, 3.05) is 6.54 Å². The van der Waals surface area contributed by atoms with Crippen molar-refractivity contribution < 1.29 is 10.0 Å². The lowest BCUT2D eigenvalue weighted by atomic mass is 9.88. The summed E-state index contributed by atoms with van der Waals surface area (Å²) < 4.78 is 0. The van der Waals surface area contributed by atoms with E-state index in [-0.39, 0.29) is 18.0 Å². The van der Waals surface area contributed by atoms with Crippen LogP contribution < -0.4 is 5.32 Å². The Morgan fingerprint density at radius 3 is 2.56 bits per heavy atom. The Hall–Kier alpha value is -2.40. The smallest absolute Gasteiger partial charge is 0.333 e. The normalized spacial score (nSPS) is 15.9. The molecule has 2 aromatic rings. The fourth-order valence-corrected chi connectivity index (χ4v) is 3.84. The second kappa shape index (κ2) is 10.1. The number of aromatic nitrogens is 1. The molecule has 1 saturated carbocycles. The van der Waals surface area contributed by atoms with Gasteiger partial charge in [0, 0.05) is 24.4 Å². The van der Waals surface area contributed by atoms with Crippen LogP contribution in [0, 0.1) is 0 Å². The zero-order chi connectivity index (χ0) is 18.9. The van der Waals surface area contributed by atoms with E-state index in [2.05, 4.69) is 28.5 Å². The van der Waals surface area contributed by atoms with E-state index in [4.69, 9.17) is 0 Å². The van der Waals surface area contributed by atoms with Crippen LogP contribution in [-0.2, 0) is 0 Å². The van der Waals surface area contributed by atoms with Gasteiger partial charge in [0.25, 0.3) is 0 Å². The third-order valence-electron chi connectivity index (χ3n) is 5.32. The molecular formula is C22H29N3O2. The van der Waals surface area contributed by atoms with Crippen LogP contribution in [0.5, 0.6) is 0 Å². The van der Waals surface area contributed by atoms with Crippen molar-refractivity contribution in [1.82, 2.24) is 15.4 Å². The topological polar surface area (TPSA) is 65.5 Å². The molecule has 0 radical (unpaired) electrons. The molecule has 2 amide bonds. The van der Waals surface area contributed by atoms with Crippen LogP contribution in [0.4, 0.5) is 4.79 Å². The van der Waals surface area contributed by atoms with E-state index >= 15 is 0 Å². The summed E-state index contributed by atoms with van der Waals surface area (Å²) in [6.07, 6.45) is 10.8. The lowest BCUT2D eigenvalue weighted by Crippen LogP contribution is -2.44. The lowest BCUT2D eigenvalue weighted by Gasteiger charge is -2.25. The predicted octanol–water partition coefficient (Wildman–Crippen LogP) is 4.73. The molecule has 0 bridgehead atoms. The first-order chi connectivity index (χ1) is 13.2. The molecule has 27 heavy (non-hydrogen) atoms. The van der Waals surface area contributed by atoms with E-state index in [0.717, 1.165) is 42.7 Å². The SMILES string of the molecule is O=C(NC1CCCCC1)N(O)CCCC(c1ccccc1)c1cccnc1. The van der Waals surface area contributed by atoms with Crippen LogP contribution in [0.1, 0.15) is 62.0 Å². The summed E-state index contributed by atoms with van der Waals surface area (Å²) in [4.78, 5) is 16.4. The monoisotopic (exact) mass is 367 g/mol. The quantitative estimate of drug-likeness (QED) is 0.549. The van der Waals surface area contributed by atoms with E-state index < -0.39 is 0 Å². The summed E-state index contributed by atoms with van der Waals surface area (Å²) in [6, 6.07) is 14.2. The minimum atomic E-state index is -0.375. The summed E-state index contributed by atoms with van der Waals surface area (Å²) in [5.74, 6) is 0.203. The van der Waals surface area contributed by atoms with Gasteiger partial charge in [-0.15, -0.1) is 0 Å². The van der Waals surface area contributed by atoms with Crippen molar-refractivity contribution in [3.05, 3.63) is 66.0 Å². The number of hydrogen-bond acceptors (Lipinski definition) is 3. The van der Waals surface area contributed by atoms with Gasteiger partial charge in [0.1, 0.15) is 0 Å². The van der Waals surface area contributed by atoms with Gasteiger partial charge < -0.3 is 5.32 Å². The molecule has 5 heteroatoms. The molecular weight excluding hydrogens is 338 g/mol. The molecule has 5 nitrogen and oxygen atoms in total. The van der Waals surface area contributed by atoms with Crippen molar-refractivity contribution >= 4 is 6.03 Å². The van der Waals surface area contributed by atoms with Gasteiger partial charge in [-0.1, -0.05) is 55.7 Å². The van der Waals surface area contributed by atoms with E-state index in [1.54, 1.807) is 6.20 Å². The molecule has 0 spiro atoms. The summed E-state index contributed by atoms with van der Waals surface area (Å²) in [6.45, 7) is 0.322. The van der Waals surface area contributed by atoms with Gasteiger partial charge >= 0.3 is 6.03 Å². The average Bonchev–Trinajstić information content (AvgIpc) is 2.73. The zero-order valence-corrected chi connectivity index (χ0v) is 15.8. The highest BCUT2D eigenvalue weighted by Crippen LogP contribution is 2.28. The zero-order valence-electron chi connectivity index (χ0n) is 15.8. The summed E-state index contributed by atoms with van der Waals surface area (Å²) in [5, 5.41) is 13.9. The first-order valence-electron chi connectivity index (χ1n) is 9.96. The summed E-state index contributed by atoms with van der Waals surface area (Å²) >= 11 is 0. The number of rotatable bonds is 7. The van der Waals surface area contributed by atoms with Crippen LogP contribution in [0.15, 0.2) is 54.9 Å². The van der Waals surface area contributed by atoms with Gasteiger partial charge in [-0.2, -0.15) is 0 Å². The number of carbonyl (C=O) groups is 1. The number of amides is 2. The molecule has 144 valence electrons. The van der Waals surface area contributed by atoms with Crippen LogP contribution >= 0.6 is 0 Å². The number of carbonyl (C=O) groups excluding carboxylic acids is 1. The van der Waals surface area contributed by atoms with Crippen molar-refractivity contribution in [2.45, 2.75) is 56.9 Å². The molecule has 1 heterocycles. The molecule has 1 fully saturated rings. The van der Waals surface area contributed by atoms with Crippen molar-refractivity contribution in [2.24, 2.45) is 0 Å². The Balaban J connectivity index is 1.53. The highest BCUT2D eigenvalue weighted by Gasteiger charge is 2.20. The number of urea groups is 1. The van der Waals surface area contributed by atoms with Crippen LogP contribution in [0.3, 0.4) is 0 Å². The highest BCUT2D eigenvalue weighted by molar-refractivity contribution is 5.73. The van der Waals surface area contributed by atoms with Crippen LogP contribution in [0.25, 0.3) is 0 Å². The maximum atomic E-state index is 12.2. The Morgan fingerprint density at radius 1 is 1.11 bits per heavy atom. The largest absolute Gasteiger partial charge is 0.341 e. The van der Waals surface area contributed by atoms with E-state index in [1.165, 1.54) is 12.0 Å². The van der Waals surface area contributed by atoms with Crippen LogP contribution in [-0.4, -0.2) is 33.9 Å². The minimum Gasteiger partial charge on any atom is -0.333 e. The molecule has 1 aromatic heterocycles. The Morgan fingerprint density at radius 2 is 1.85 bits per heavy atom. The Kier molecular flexibility index (Phi) is 7.22. The third-order valence-corrected chi connectivity index (χ3v) is 5.32. The second-order valence-electron chi connectivity index (χ2n) is 7.30. The van der Waals surface area contributed by atoms with Gasteiger partial charge in [0.05, 0.1) is 6.54 Å². The Bertz CT molecular complexity index is 648. The van der Waals surface area contributed by atoms with Gasteiger partial charge in [-0.05, 0) is 42.9 Å². The summed E-state index contributed by atoms with van der Waals surface area (Å²) in [7, 11) is 0. The number of nitrogens with zero attached hydrogens (tertiary/aromatic N) is 2. The van der Waals surface area contributed by atoms with Gasteiger partial charge in [-0.3, -0.25) is 10.2 Å². The lowest BCUT2D eigenvalue weighted by molar-refractivity contribution is -0.0455.